The summed E-state index contributed by atoms with van der Waals surface area (Å²) in [6.07, 6.45) is 5.46. The molecule has 27 heavy (non-hydrogen) atoms. The number of aromatic hydroxyl groups is 2. The van der Waals surface area contributed by atoms with Crippen molar-refractivity contribution in [1.82, 2.24) is 0 Å². The number of anilines is 1. The molecule has 0 radical (unpaired) electrons. The second kappa shape index (κ2) is 7.82. The van der Waals surface area contributed by atoms with Crippen LogP contribution < -0.4 is 5.32 Å². The Morgan fingerprint density at radius 3 is 2.30 bits per heavy atom. The van der Waals surface area contributed by atoms with Gasteiger partial charge >= 0.3 is 0 Å². The first-order valence-electron chi connectivity index (χ1n) is 8.08. The summed E-state index contributed by atoms with van der Waals surface area (Å²) in [4.78, 5) is 12.2. The van der Waals surface area contributed by atoms with Crippen molar-refractivity contribution in [3.63, 3.8) is 0 Å². The molecule has 3 rings (SSSR count). The lowest BCUT2D eigenvalue weighted by molar-refractivity contribution is 0.102. The Morgan fingerprint density at radius 1 is 0.889 bits per heavy atom. The molecule has 0 heterocycles. The molecule has 0 atom stereocenters. The molecule has 0 bridgehead atoms. The first-order valence-corrected chi connectivity index (χ1v) is 8.08. The van der Waals surface area contributed by atoms with Gasteiger partial charge in [-0.15, -0.1) is 6.42 Å². The van der Waals surface area contributed by atoms with Crippen molar-refractivity contribution in [2.45, 2.75) is 0 Å². The zero-order valence-corrected chi connectivity index (χ0v) is 14.2. The molecule has 0 aliphatic carbocycles. The fourth-order valence-corrected chi connectivity index (χ4v) is 2.40. The summed E-state index contributed by atoms with van der Waals surface area (Å²) in [5, 5.41) is 21.9. The summed E-state index contributed by atoms with van der Waals surface area (Å²) < 4.78 is 0. The molecule has 0 saturated carbocycles. The second-order valence-corrected chi connectivity index (χ2v) is 5.67. The van der Waals surface area contributed by atoms with Crippen molar-refractivity contribution in [2.24, 2.45) is 0 Å². The van der Waals surface area contributed by atoms with E-state index in [1.807, 2.05) is 24.3 Å². The van der Waals surface area contributed by atoms with E-state index in [-0.39, 0.29) is 17.1 Å². The number of carbonyl (C=O) groups excluding carboxylic acids is 1. The van der Waals surface area contributed by atoms with Crippen LogP contribution in [0.15, 0.2) is 66.7 Å². The monoisotopic (exact) mass is 353 g/mol. The number of terminal acetylenes is 1. The van der Waals surface area contributed by atoms with Crippen LogP contribution >= 0.6 is 0 Å². The summed E-state index contributed by atoms with van der Waals surface area (Å²) >= 11 is 0. The van der Waals surface area contributed by atoms with Crippen molar-refractivity contribution in [3.8, 4) is 35.7 Å². The van der Waals surface area contributed by atoms with Crippen LogP contribution in [0.25, 0.3) is 0 Å². The quantitative estimate of drug-likeness (QED) is 0.486. The van der Waals surface area contributed by atoms with E-state index < -0.39 is 5.91 Å². The van der Waals surface area contributed by atoms with Gasteiger partial charge in [0.2, 0.25) is 0 Å². The van der Waals surface area contributed by atoms with Gasteiger partial charge in [0.1, 0.15) is 11.5 Å². The fourth-order valence-electron chi connectivity index (χ4n) is 2.40. The molecule has 1 amide bonds. The molecular weight excluding hydrogens is 338 g/mol. The predicted octanol–water partition coefficient (Wildman–Crippen LogP) is 3.73. The molecule has 4 heteroatoms. The number of benzene rings is 3. The van der Waals surface area contributed by atoms with E-state index in [9.17, 15) is 15.0 Å². The van der Waals surface area contributed by atoms with Crippen molar-refractivity contribution < 1.29 is 15.0 Å². The Kier molecular flexibility index (Phi) is 5.12. The van der Waals surface area contributed by atoms with Crippen LogP contribution in [0.5, 0.6) is 11.5 Å². The van der Waals surface area contributed by atoms with Crippen LogP contribution in [0.4, 0.5) is 5.69 Å². The lowest BCUT2D eigenvalue weighted by atomic mass is 10.1. The zero-order chi connectivity index (χ0) is 19.2. The topological polar surface area (TPSA) is 69.6 Å². The molecule has 0 saturated heterocycles. The van der Waals surface area contributed by atoms with Crippen LogP contribution in [0.2, 0.25) is 0 Å². The summed E-state index contributed by atoms with van der Waals surface area (Å²) in [5.41, 5.74) is 2.80. The van der Waals surface area contributed by atoms with Crippen molar-refractivity contribution in [1.29, 1.82) is 0 Å². The van der Waals surface area contributed by atoms with E-state index in [1.165, 1.54) is 18.2 Å². The maximum Gasteiger partial charge on any atom is 0.259 e. The smallest absolute Gasteiger partial charge is 0.259 e. The number of phenolic OH excluding ortho intramolecular Hbond substituents is 2. The first-order chi connectivity index (χ1) is 13.1. The van der Waals surface area contributed by atoms with E-state index in [2.05, 4.69) is 23.1 Å². The number of phenols is 2. The van der Waals surface area contributed by atoms with Gasteiger partial charge in [-0.25, -0.2) is 0 Å². The third-order valence-corrected chi connectivity index (χ3v) is 3.79. The Morgan fingerprint density at radius 2 is 1.59 bits per heavy atom. The summed E-state index contributed by atoms with van der Waals surface area (Å²) in [5.74, 6) is 7.84. The average molecular weight is 353 g/mol. The minimum Gasteiger partial charge on any atom is -0.508 e. The maximum absolute atomic E-state index is 12.2. The van der Waals surface area contributed by atoms with Gasteiger partial charge in [0, 0.05) is 22.4 Å². The summed E-state index contributed by atoms with van der Waals surface area (Å²) in [6.45, 7) is 0. The van der Waals surface area contributed by atoms with Crippen LogP contribution in [0, 0.1) is 24.2 Å². The normalized spacial score (nSPS) is 9.59. The van der Waals surface area contributed by atoms with Gasteiger partial charge in [-0.1, -0.05) is 29.9 Å². The molecule has 0 aliphatic heterocycles. The van der Waals surface area contributed by atoms with E-state index in [1.54, 1.807) is 24.3 Å². The van der Waals surface area contributed by atoms with Crippen LogP contribution in [0.1, 0.15) is 27.0 Å². The molecular formula is C23H15NO3. The molecule has 3 aromatic carbocycles. The van der Waals surface area contributed by atoms with Gasteiger partial charge < -0.3 is 15.5 Å². The highest BCUT2D eigenvalue weighted by molar-refractivity contribution is 6.06. The van der Waals surface area contributed by atoms with E-state index in [0.717, 1.165) is 16.7 Å². The first kappa shape index (κ1) is 17.7. The molecule has 3 N–H and O–H groups in total. The third kappa shape index (κ3) is 4.28. The molecule has 0 aliphatic rings. The molecule has 130 valence electrons. The van der Waals surface area contributed by atoms with E-state index in [0.29, 0.717) is 5.69 Å². The molecule has 4 nitrogen and oxygen atoms in total. The van der Waals surface area contributed by atoms with Crippen LogP contribution in [-0.2, 0) is 0 Å². The van der Waals surface area contributed by atoms with Crippen LogP contribution in [0.3, 0.4) is 0 Å². The minimum atomic E-state index is -0.523. The Balaban J connectivity index is 1.75. The van der Waals surface area contributed by atoms with Gasteiger partial charge in [-0.2, -0.15) is 0 Å². The maximum atomic E-state index is 12.2. The SMILES string of the molecule is C#Cc1ccccc1C#Cc1ccc(NC(=O)c2cc(O)ccc2O)cc1. The Bertz CT molecular complexity index is 1100. The predicted molar refractivity (Wildman–Crippen MR) is 105 cm³/mol. The number of hydrogen-bond acceptors (Lipinski definition) is 3. The fraction of sp³-hybridized carbons (Fsp3) is 0. The Labute approximate surface area is 157 Å². The Hall–Kier alpha value is -4.15. The van der Waals surface area contributed by atoms with Gasteiger partial charge in [0.15, 0.2) is 0 Å². The lowest BCUT2D eigenvalue weighted by Gasteiger charge is -2.07. The molecule has 0 spiro atoms. The number of rotatable bonds is 2. The van der Waals surface area contributed by atoms with Gasteiger partial charge in [-0.3, -0.25) is 4.79 Å². The molecule has 0 aromatic heterocycles. The largest absolute Gasteiger partial charge is 0.508 e. The molecule has 0 unspecified atom stereocenters. The number of amides is 1. The van der Waals surface area contributed by atoms with Gasteiger partial charge in [-0.05, 0) is 54.6 Å². The van der Waals surface area contributed by atoms with Crippen molar-refractivity contribution in [3.05, 3.63) is 89.0 Å². The highest BCUT2D eigenvalue weighted by Gasteiger charge is 2.12. The van der Waals surface area contributed by atoms with E-state index in [4.69, 9.17) is 6.42 Å². The van der Waals surface area contributed by atoms with Crippen molar-refractivity contribution >= 4 is 11.6 Å². The second-order valence-electron chi connectivity index (χ2n) is 5.67. The van der Waals surface area contributed by atoms with Gasteiger partial charge in [0.05, 0.1) is 5.56 Å². The van der Waals surface area contributed by atoms with Crippen molar-refractivity contribution in [2.75, 3.05) is 5.32 Å². The highest BCUT2D eigenvalue weighted by Crippen LogP contribution is 2.23. The minimum absolute atomic E-state index is 0.00948. The third-order valence-electron chi connectivity index (χ3n) is 3.79. The van der Waals surface area contributed by atoms with Gasteiger partial charge in [0.25, 0.3) is 5.91 Å². The molecule has 0 fully saturated rings. The highest BCUT2D eigenvalue weighted by atomic mass is 16.3. The summed E-state index contributed by atoms with van der Waals surface area (Å²) in [6, 6.07) is 18.1. The number of carbonyl (C=O) groups is 1. The summed E-state index contributed by atoms with van der Waals surface area (Å²) in [7, 11) is 0. The lowest BCUT2D eigenvalue weighted by Crippen LogP contribution is -2.11. The van der Waals surface area contributed by atoms with Crippen LogP contribution in [-0.4, -0.2) is 16.1 Å². The number of nitrogens with one attached hydrogen (secondary N) is 1. The average Bonchev–Trinajstić information content (AvgIpc) is 2.69. The standard InChI is InChI=1S/C23H15NO3/c1-2-17-5-3-4-6-18(17)10-7-16-8-11-19(12-9-16)24-23(27)21-15-20(25)13-14-22(21)26/h1,3-6,8-9,11-15,25-26H,(H,24,27). The van der Waals surface area contributed by atoms with E-state index >= 15 is 0 Å². The number of hydrogen-bond donors (Lipinski definition) is 3. The molecule has 3 aromatic rings. The zero-order valence-electron chi connectivity index (χ0n) is 14.2.